The van der Waals surface area contributed by atoms with Gasteiger partial charge in [-0.15, -0.1) is 11.3 Å². The molecule has 1 aliphatic rings. The summed E-state index contributed by atoms with van der Waals surface area (Å²) in [5.41, 5.74) is 4.30. The normalized spacial score (nSPS) is 15.9. The van der Waals surface area contributed by atoms with E-state index in [9.17, 15) is 0 Å². The minimum atomic E-state index is 0.254. The van der Waals surface area contributed by atoms with E-state index < -0.39 is 0 Å². The summed E-state index contributed by atoms with van der Waals surface area (Å²) >= 11 is 1.73. The van der Waals surface area contributed by atoms with Gasteiger partial charge in [-0.25, -0.2) is 4.98 Å². The molecule has 0 amide bonds. The third-order valence-electron chi connectivity index (χ3n) is 5.33. The monoisotopic (exact) mass is 420 g/mol. The number of rotatable bonds is 6. The number of hydrogen-bond acceptors (Lipinski definition) is 6. The summed E-state index contributed by atoms with van der Waals surface area (Å²) in [6.45, 7) is 2.12. The number of ether oxygens (including phenoxy) is 2. The molecule has 2 aromatic heterocycles. The molecule has 2 aromatic carbocycles. The first-order chi connectivity index (χ1) is 14.7. The van der Waals surface area contributed by atoms with E-state index in [1.165, 1.54) is 5.56 Å². The van der Waals surface area contributed by atoms with Gasteiger partial charge in [0.1, 0.15) is 28.6 Å². The van der Waals surface area contributed by atoms with Crippen LogP contribution in [0.1, 0.15) is 16.5 Å². The van der Waals surface area contributed by atoms with Crippen molar-refractivity contribution in [2.75, 3.05) is 33.9 Å². The highest BCUT2D eigenvalue weighted by Crippen LogP contribution is 2.40. The molecule has 5 rings (SSSR count). The van der Waals surface area contributed by atoms with Crippen LogP contribution < -0.4 is 9.47 Å². The fourth-order valence-electron chi connectivity index (χ4n) is 3.70. The Bertz CT molecular complexity index is 1150. The van der Waals surface area contributed by atoms with Crippen molar-refractivity contribution in [1.29, 1.82) is 0 Å². The number of fused-ring (bicyclic) bond motifs is 2. The molecular formula is C23H24N4O2S. The van der Waals surface area contributed by atoms with E-state index in [1.807, 2.05) is 38.6 Å². The van der Waals surface area contributed by atoms with Gasteiger partial charge in [-0.2, -0.15) is 5.10 Å². The summed E-state index contributed by atoms with van der Waals surface area (Å²) < 4.78 is 13.3. The van der Waals surface area contributed by atoms with Gasteiger partial charge in [-0.3, -0.25) is 5.10 Å². The van der Waals surface area contributed by atoms with Crippen LogP contribution in [-0.2, 0) is 6.42 Å². The number of benzene rings is 2. The van der Waals surface area contributed by atoms with Crippen LogP contribution in [0.15, 0.2) is 48.8 Å². The molecule has 0 aliphatic carbocycles. The maximum absolute atomic E-state index is 6.17. The second-order valence-corrected chi connectivity index (χ2v) is 8.89. The number of thiazole rings is 1. The lowest BCUT2D eigenvalue weighted by Crippen LogP contribution is -2.19. The average molecular weight is 421 g/mol. The Kier molecular flexibility index (Phi) is 5.14. The Morgan fingerprint density at radius 3 is 2.97 bits per heavy atom. The molecule has 0 spiro atoms. The molecule has 7 heteroatoms. The first-order valence-corrected chi connectivity index (χ1v) is 10.9. The number of nitrogens with one attached hydrogen (secondary N) is 1. The molecule has 4 aromatic rings. The summed E-state index contributed by atoms with van der Waals surface area (Å²) in [6, 6.07) is 12.5. The zero-order chi connectivity index (χ0) is 20.5. The second kappa shape index (κ2) is 8.08. The molecule has 30 heavy (non-hydrogen) atoms. The van der Waals surface area contributed by atoms with Gasteiger partial charge in [0.2, 0.25) is 0 Å². The van der Waals surface area contributed by atoms with E-state index in [-0.39, 0.29) is 5.92 Å². The molecule has 3 heterocycles. The van der Waals surface area contributed by atoms with Crippen molar-refractivity contribution in [2.24, 2.45) is 0 Å². The summed E-state index contributed by atoms with van der Waals surface area (Å²) in [5, 5.41) is 8.08. The molecule has 0 fully saturated rings. The standard InChI is InChI=1S/C23H24N4O2S/c1-27(2)7-8-28-20-10-16(18-12-24-25-13-18)11-21-22(20)26-23(30-21)17-9-15-5-3-4-6-19(15)29-14-17/h3-6,10-13,17H,7-9,14H2,1-2H3,(H,24,25). The van der Waals surface area contributed by atoms with Crippen molar-refractivity contribution in [3.8, 4) is 22.6 Å². The van der Waals surface area contributed by atoms with Crippen LogP contribution in [0.25, 0.3) is 21.3 Å². The maximum atomic E-state index is 6.17. The highest BCUT2D eigenvalue weighted by Gasteiger charge is 2.25. The average Bonchev–Trinajstić information content (AvgIpc) is 3.43. The Hall–Kier alpha value is -2.90. The molecule has 6 nitrogen and oxygen atoms in total. The molecule has 1 N–H and O–H groups in total. The Balaban J connectivity index is 1.50. The first kappa shape index (κ1) is 19.1. The molecule has 1 atom stereocenters. The van der Waals surface area contributed by atoms with Gasteiger partial charge >= 0.3 is 0 Å². The smallest absolute Gasteiger partial charge is 0.147 e. The first-order valence-electron chi connectivity index (χ1n) is 10.1. The van der Waals surface area contributed by atoms with Gasteiger partial charge in [0.15, 0.2) is 0 Å². The van der Waals surface area contributed by atoms with Crippen molar-refractivity contribution in [3.05, 3.63) is 59.4 Å². The van der Waals surface area contributed by atoms with E-state index in [4.69, 9.17) is 14.5 Å². The van der Waals surface area contributed by atoms with Gasteiger partial charge in [-0.05, 0) is 49.8 Å². The van der Waals surface area contributed by atoms with Crippen molar-refractivity contribution in [3.63, 3.8) is 0 Å². The third kappa shape index (κ3) is 3.78. The van der Waals surface area contributed by atoms with Crippen LogP contribution >= 0.6 is 11.3 Å². The quantitative estimate of drug-likeness (QED) is 0.503. The summed E-state index contributed by atoms with van der Waals surface area (Å²) in [7, 11) is 4.09. The van der Waals surface area contributed by atoms with Gasteiger partial charge in [0, 0.05) is 24.2 Å². The predicted molar refractivity (Wildman–Crippen MR) is 120 cm³/mol. The van der Waals surface area contributed by atoms with Crippen molar-refractivity contribution >= 4 is 21.6 Å². The number of H-pyrrole nitrogens is 1. The zero-order valence-corrected chi connectivity index (χ0v) is 17.9. The third-order valence-corrected chi connectivity index (χ3v) is 6.50. The SMILES string of the molecule is CN(C)CCOc1cc(-c2cn[nH]c2)cc2sc(C3COc4ccccc4C3)nc12. The van der Waals surface area contributed by atoms with Gasteiger partial charge in [0.05, 0.1) is 17.5 Å². The number of likely N-dealkylation sites (N-methyl/N-ethyl adjacent to an activating group) is 1. The Labute approximate surface area is 179 Å². The number of aromatic amines is 1. The Morgan fingerprint density at radius 2 is 2.13 bits per heavy atom. The molecule has 154 valence electrons. The van der Waals surface area contributed by atoms with Gasteiger partial charge < -0.3 is 14.4 Å². The minimum absolute atomic E-state index is 0.254. The fourth-order valence-corrected chi connectivity index (χ4v) is 4.81. The van der Waals surface area contributed by atoms with E-state index in [2.05, 4.69) is 39.4 Å². The summed E-state index contributed by atoms with van der Waals surface area (Å²) in [6.07, 6.45) is 4.68. The maximum Gasteiger partial charge on any atom is 0.147 e. The van der Waals surface area contributed by atoms with Crippen LogP contribution in [0, 0.1) is 0 Å². The van der Waals surface area contributed by atoms with Crippen LogP contribution in [-0.4, -0.2) is 53.9 Å². The van der Waals surface area contributed by atoms with Gasteiger partial charge in [0.25, 0.3) is 0 Å². The minimum Gasteiger partial charge on any atom is -0.493 e. The van der Waals surface area contributed by atoms with Crippen molar-refractivity contribution in [1.82, 2.24) is 20.1 Å². The van der Waals surface area contributed by atoms with Crippen LogP contribution in [0.4, 0.5) is 0 Å². The second-order valence-electron chi connectivity index (χ2n) is 7.83. The number of nitrogens with zero attached hydrogens (tertiary/aromatic N) is 3. The number of para-hydroxylation sites is 1. The van der Waals surface area contributed by atoms with E-state index in [0.29, 0.717) is 13.2 Å². The van der Waals surface area contributed by atoms with E-state index >= 15 is 0 Å². The van der Waals surface area contributed by atoms with Gasteiger partial charge in [-0.1, -0.05) is 18.2 Å². The van der Waals surface area contributed by atoms with Crippen molar-refractivity contribution in [2.45, 2.75) is 12.3 Å². The van der Waals surface area contributed by atoms with Crippen LogP contribution in [0.5, 0.6) is 11.5 Å². The van der Waals surface area contributed by atoms with E-state index in [1.54, 1.807) is 11.3 Å². The van der Waals surface area contributed by atoms with Crippen LogP contribution in [0.3, 0.4) is 0 Å². The molecule has 1 unspecified atom stereocenters. The summed E-state index contributed by atoms with van der Waals surface area (Å²) in [5.74, 6) is 2.07. The Morgan fingerprint density at radius 1 is 1.23 bits per heavy atom. The summed E-state index contributed by atoms with van der Waals surface area (Å²) in [4.78, 5) is 7.12. The lowest BCUT2D eigenvalue weighted by atomic mass is 9.97. The lowest BCUT2D eigenvalue weighted by Gasteiger charge is -2.23. The molecule has 1 aliphatic heterocycles. The lowest BCUT2D eigenvalue weighted by molar-refractivity contribution is 0.261. The molecule has 0 radical (unpaired) electrons. The predicted octanol–water partition coefficient (Wildman–Crippen LogP) is 4.35. The highest BCUT2D eigenvalue weighted by molar-refractivity contribution is 7.18. The van der Waals surface area contributed by atoms with Crippen molar-refractivity contribution < 1.29 is 9.47 Å². The molecule has 0 bridgehead atoms. The largest absolute Gasteiger partial charge is 0.493 e. The zero-order valence-electron chi connectivity index (χ0n) is 17.1. The fraction of sp³-hybridized carbons (Fsp3) is 0.304. The topological polar surface area (TPSA) is 63.3 Å². The molecule has 0 saturated carbocycles. The van der Waals surface area contributed by atoms with E-state index in [0.717, 1.165) is 50.8 Å². The molecular weight excluding hydrogens is 396 g/mol. The molecule has 0 saturated heterocycles. The number of hydrogen-bond donors (Lipinski definition) is 1. The van der Waals surface area contributed by atoms with Crippen LogP contribution in [0.2, 0.25) is 0 Å². The highest BCUT2D eigenvalue weighted by atomic mass is 32.1. The number of aromatic nitrogens is 3.